The van der Waals surface area contributed by atoms with E-state index in [9.17, 15) is 15.0 Å². The smallest absolute Gasteiger partial charge is 0.329 e. The van der Waals surface area contributed by atoms with Crippen molar-refractivity contribution in [1.82, 2.24) is 0 Å². The van der Waals surface area contributed by atoms with Gasteiger partial charge in [-0.3, -0.25) is 0 Å². The zero-order valence-corrected chi connectivity index (χ0v) is 21.0. The Morgan fingerprint density at radius 2 is 1.08 bits per heavy atom. The van der Waals surface area contributed by atoms with Crippen LogP contribution in [0.3, 0.4) is 0 Å². The van der Waals surface area contributed by atoms with E-state index in [1.165, 1.54) is 0 Å². The van der Waals surface area contributed by atoms with Gasteiger partial charge in [0.15, 0.2) is 8.32 Å². The predicted molar refractivity (Wildman–Crippen MR) is 113 cm³/mol. The first kappa shape index (κ1) is 26.2. The molecule has 158 valence electrons. The molecule has 0 saturated carbocycles. The van der Waals surface area contributed by atoms with Gasteiger partial charge in [-0.05, 0) is 93.4 Å². The molecule has 3 N–H and O–H groups in total. The highest BCUT2D eigenvalue weighted by atomic mass is 28.4. The Morgan fingerprint density at radius 3 is 1.31 bits per heavy atom. The van der Waals surface area contributed by atoms with Crippen molar-refractivity contribution in [2.24, 2.45) is 0 Å². The van der Waals surface area contributed by atoms with Crippen LogP contribution in [0.25, 0.3) is 0 Å². The highest BCUT2D eigenvalue weighted by Gasteiger charge is 2.59. The van der Waals surface area contributed by atoms with E-state index in [1.54, 1.807) is 20.2 Å². The van der Waals surface area contributed by atoms with Crippen molar-refractivity contribution in [3.63, 3.8) is 0 Å². The van der Waals surface area contributed by atoms with Gasteiger partial charge in [-0.1, -0.05) is 0 Å². The van der Waals surface area contributed by atoms with Gasteiger partial charge >= 0.3 is 8.56 Å². The van der Waals surface area contributed by atoms with Crippen molar-refractivity contribution >= 4 is 16.9 Å². The zero-order chi connectivity index (χ0) is 21.2. The molecule has 0 aromatic rings. The maximum atomic E-state index is 10.5. The Bertz CT molecular complexity index is 424. The lowest BCUT2D eigenvalue weighted by atomic mass is 9.78. The third kappa shape index (κ3) is 7.69. The lowest BCUT2D eigenvalue weighted by Gasteiger charge is -2.56. The average Bonchev–Trinajstić information content (AvgIpc) is 2.32. The Labute approximate surface area is 163 Å². The molecule has 0 aromatic carbocycles. The molecule has 0 unspecified atom stereocenters. The lowest BCUT2D eigenvalue weighted by molar-refractivity contribution is -0.0193. The van der Waals surface area contributed by atoms with Gasteiger partial charge in [0.2, 0.25) is 0 Å². The second-order valence-corrected chi connectivity index (χ2v) is 18.0. The average molecular weight is 409 g/mol. The largest absolute Gasteiger partial charge is 0.420 e. The molecule has 0 bridgehead atoms. The molecule has 0 saturated heterocycles. The van der Waals surface area contributed by atoms with E-state index >= 15 is 0 Å². The van der Waals surface area contributed by atoms with E-state index in [-0.39, 0.29) is 5.04 Å². The van der Waals surface area contributed by atoms with Gasteiger partial charge in [0.25, 0.3) is 0 Å². The normalized spacial score (nSPS) is 15.5. The second kappa shape index (κ2) is 8.31. The van der Waals surface area contributed by atoms with Crippen LogP contribution in [-0.2, 0) is 8.85 Å². The molecule has 26 heavy (non-hydrogen) atoms. The van der Waals surface area contributed by atoms with Gasteiger partial charge < -0.3 is 23.9 Å². The first-order chi connectivity index (χ1) is 11.2. The van der Waals surface area contributed by atoms with Crippen molar-refractivity contribution < 1.29 is 23.9 Å². The SMILES string of the molecule is CO[Si](C)(C)C(CCC(C)(C)O)(CCC(C)(C)O)C(C)(C)O[Si](C)(C)O. The van der Waals surface area contributed by atoms with Gasteiger partial charge in [-0.15, -0.1) is 0 Å². The van der Waals surface area contributed by atoms with E-state index in [4.69, 9.17) is 8.85 Å². The maximum Gasteiger partial charge on any atom is 0.329 e. The summed E-state index contributed by atoms with van der Waals surface area (Å²) in [5.41, 5.74) is -2.26. The fraction of sp³-hybridized carbons (Fsp3) is 1.00. The van der Waals surface area contributed by atoms with E-state index in [1.807, 2.05) is 41.5 Å². The van der Waals surface area contributed by atoms with Crippen molar-refractivity contribution in [2.75, 3.05) is 7.11 Å². The van der Waals surface area contributed by atoms with Gasteiger partial charge in [-0.2, -0.15) is 0 Å². The molecule has 0 atom stereocenters. The Morgan fingerprint density at radius 1 is 0.731 bits per heavy atom. The highest BCUT2D eigenvalue weighted by Crippen LogP contribution is 2.58. The molecule has 0 aromatic heterocycles. The Kier molecular flexibility index (Phi) is 8.38. The van der Waals surface area contributed by atoms with Crippen LogP contribution in [0.5, 0.6) is 0 Å². The molecule has 0 amide bonds. The first-order valence-electron chi connectivity index (χ1n) is 9.61. The minimum atomic E-state index is -2.80. The number of aliphatic hydroxyl groups is 2. The molecule has 0 aliphatic heterocycles. The third-order valence-corrected chi connectivity index (χ3v) is 11.1. The molecule has 7 heteroatoms. The van der Waals surface area contributed by atoms with Crippen LogP contribution < -0.4 is 0 Å². The summed E-state index contributed by atoms with van der Waals surface area (Å²) in [7, 11) is -3.39. The van der Waals surface area contributed by atoms with Crippen LogP contribution in [0.15, 0.2) is 0 Å². The standard InChI is InChI=1S/C19H44O5Si2/c1-16(2,20)12-14-19(25(8,9)23-7,15-13-17(3,4)21)18(5,6)24-26(10,11)22/h20-22H,12-15H2,1-11H3. The molecule has 0 heterocycles. The van der Waals surface area contributed by atoms with E-state index < -0.39 is 33.7 Å². The number of hydrogen-bond acceptors (Lipinski definition) is 5. The van der Waals surface area contributed by atoms with Crippen LogP contribution in [0.4, 0.5) is 0 Å². The first-order valence-corrected chi connectivity index (χ1v) is 15.4. The molecule has 0 aliphatic carbocycles. The van der Waals surface area contributed by atoms with Crippen molar-refractivity contribution in [3.8, 4) is 0 Å². The summed E-state index contributed by atoms with van der Waals surface area (Å²) >= 11 is 0. The van der Waals surface area contributed by atoms with Crippen molar-refractivity contribution in [3.05, 3.63) is 0 Å². The zero-order valence-electron chi connectivity index (χ0n) is 19.0. The molecule has 0 rings (SSSR count). The van der Waals surface area contributed by atoms with Crippen LogP contribution in [0.1, 0.15) is 67.2 Å². The summed E-state index contributed by atoms with van der Waals surface area (Å²) in [6.07, 6.45) is 2.60. The van der Waals surface area contributed by atoms with Gasteiger partial charge in [-0.25, -0.2) is 0 Å². The van der Waals surface area contributed by atoms with Gasteiger partial charge in [0.1, 0.15) is 0 Å². The Balaban J connectivity index is 6.25. The minimum absolute atomic E-state index is 0.387. The monoisotopic (exact) mass is 408 g/mol. The summed E-state index contributed by atoms with van der Waals surface area (Å²) in [5.74, 6) is 0. The van der Waals surface area contributed by atoms with Gasteiger partial charge in [0, 0.05) is 12.1 Å². The fourth-order valence-corrected chi connectivity index (χ4v) is 8.90. The van der Waals surface area contributed by atoms with Crippen LogP contribution in [0.2, 0.25) is 31.2 Å². The highest BCUT2D eigenvalue weighted by molar-refractivity contribution is 6.75. The fourth-order valence-electron chi connectivity index (χ4n) is 4.01. The summed E-state index contributed by atoms with van der Waals surface area (Å²) in [5, 5.41) is 20.4. The number of hydrogen-bond donors (Lipinski definition) is 3. The summed E-state index contributed by atoms with van der Waals surface area (Å²) in [4.78, 5) is 10.5. The second-order valence-electron chi connectivity index (χ2n) is 10.5. The molecular formula is C19H44O5Si2. The third-order valence-electron chi connectivity index (χ3n) is 5.65. The summed E-state index contributed by atoms with van der Waals surface area (Å²) in [6.45, 7) is 19.2. The van der Waals surface area contributed by atoms with Gasteiger partial charge in [0.05, 0.1) is 16.8 Å². The molecule has 0 spiro atoms. The molecule has 0 radical (unpaired) electrons. The van der Waals surface area contributed by atoms with Crippen LogP contribution in [-0.4, -0.2) is 55.8 Å². The van der Waals surface area contributed by atoms with E-state index in [2.05, 4.69) is 13.1 Å². The van der Waals surface area contributed by atoms with Crippen molar-refractivity contribution in [2.45, 2.75) is 115 Å². The molecular weight excluding hydrogens is 364 g/mol. The lowest BCUT2D eigenvalue weighted by Crippen LogP contribution is -2.60. The molecule has 0 fully saturated rings. The summed E-state index contributed by atoms with van der Waals surface area (Å²) < 4.78 is 12.4. The van der Waals surface area contributed by atoms with Crippen molar-refractivity contribution in [1.29, 1.82) is 0 Å². The quantitative estimate of drug-likeness (QED) is 0.447. The van der Waals surface area contributed by atoms with Crippen LogP contribution in [0, 0.1) is 0 Å². The maximum absolute atomic E-state index is 10.5. The number of rotatable bonds is 11. The van der Waals surface area contributed by atoms with E-state index in [0.717, 1.165) is 0 Å². The molecule has 0 aliphatic rings. The molecule has 5 nitrogen and oxygen atoms in total. The van der Waals surface area contributed by atoms with E-state index in [0.29, 0.717) is 25.7 Å². The Hall–Kier alpha value is 0.234. The predicted octanol–water partition coefficient (Wildman–Crippen LogP) is 4.17. The summed E-state index contributed by atoms with van der Waals surface area (Å²) in [6, 6.07) is 0. The topological polar surface area (TPSA) is 79.2 Å². The van der Waals surface area contributed by atoms with Crippen LogP contribution >= 0.6 is 0 Å². The minimum Gasteiger partial charge on any atom is -0.420 e.